The zero-order chi connectivity index (χ0) is 17.5. The zero-order valence-electron chi connectivity index (χ0n) is 13.8. The summed E-state index contributed by atoms with van der Waals surface area (Å²) in [6, 6.07) is 8.35. The molecule has 0 radical (unpaired) electrons. The molecule has 0 fully saturated rings. The molecule has 3 N–H and O–H groups in total. The Morgan fingerprint density at radius 2 is 2.17 bits per heavy atom. The second kappa shape index (κ2) is 8.66. The van der Waals surface area contributed by atoms with Crippen LogP contribution in [0.1, 0.15) is 25.8 Å². The molecular weight excluding hydrogens is 326 g/mol. The first-order valence-corrected chi connectivity index (χ1v) is 8.21. The van der Waals surface area contributed by atoms with E-state index in [9.17, 15) is 4.79 Å². The number of hydrogen-bond acceptors (Lipinski definition) is 4. The van der Waals surface area contributed by atoms with Crippen LogP contribution in [0.4, 0.5) is 5.69 Å². The lowest BCUT2D eigenvalue weighted by Crippen LogP contribution is -2.36. The van der Waals surface area contributed by atoms with Crippen molar-refractivity contribution in [2.45, 2.75) is 32.9 Å². The smallest absolute Gasteiger partial charge is 0.241 e. The summed E-state index contributed by atoms with van der Waals surface area (Å²) in [4.78, 5) is 16.1. The predicted octanol–water partition coefficient (Wildman–Crippen LogP) is 3.63. The number of halogens is 1. The van der Waals surface area contributed by atoms with Gasteiger partial charge < -0.3 is 15.8 Å². The van der Waals surface area contributed by atoms with Crippen LogP contribution in [0.25, 0.3) is 0 Å². The minimum Gasteiger partial charge on any atom is -0.487 e. The Labute approximate surface area is 147 Å². The van der Waals surface area contributed by atoms with Gasteiger partial charge in [-0.2, -0.15) is 0 Å². The summed E-state index contributed by atoms with van der Waals surface area (Å²) < 4.78 is 5.67. The summed E-state index contributed by atoms with van der Waals surface area (Å²) in [5.74, 6) is 0.686. The number of nitrogens with zero attached hydrogens (tertiary/aromatic N) is 1. The van der Waals surface area contributed by atoms with Crippen LogP contribution < -0.4 is 15.8 Å². The number of pyridine rings is 1. The van der Waals surface area contributed by atoms with Gasteiger partial charge in [-0.25, -0.2) is 0 Å². The molecule has 0 saturated heterocycles. The van der Waals surface area contributed by atoms with E-state index >= 15 is 0 Å². The Bertz CT molecular complexity index is 677. The number of ether oxygens (including phenoxy) is 1. The maximum Gasteiger partial charge on any atom is 0.241 e. The molecule has 5 nitrogen and oxygen atoms in total. The minimum absolute atomic E-state index is 0.219. The van der Waals surface area contributed by atoms with Crippen molar-refractivity contribution in [3.8, 4) is 5.75 Å². The lowest BCUT2D eigenvalue weighted by atomic mass is 10.0. The highest BCUT2D eigenvalue weighted by molar-refractivity contribution is 6.32. The number of anilines is 1. The monoisotopic (exact) mass is 347 g/mol. The predicted molar refractivity (Wildman–Crippen MR) is 96.1 cm³/mol. The number of benzene rings is 1. The summed E-state index contributed by atoms with van der Waals surface area (Å²) in [5.41, 5.74) is 7.42. The van der Waals surface area contributed by atoms with Crippen molar-refractivity contribution in [2.24, 2.45) is 11.7 Å². The molecule has 6 heteroatoms. The molecule has 1 aromatic heterocycles. The maximum atomic E-state index is 12.0. The lowest BCUT2D eigenvalue weighted by Gasteiger charge is -2.15. The van der Waals surface area contributed by atoms with Crippen LogP contribution in [0.15, 0.2) is 42.7 Å². The fourth-order valence-electron chi connectivity index (χ4n) is 2.19. The van der Waals surface area contributed by atoms with E-state index in [1.807, 2.05) is 26.0 Å². The van der Waals surface area contributed by atoms with Crippen LogP contribution in [0.5, 0.6) is 5.75 Å². The molecule has 1 amide bonds. The number of carbonyl (C=O) groups excluding carboxylic acids is 1. The van der Waals surface area contributed by atoms with Crippen LogP contribution >= 0.6 is 11.6 Å². The van der Waals surface area contributed by atoms with E-state index < -0.39 is 6.04 Å². The summed E-state index contributed by atoms with van der Waals surface area (Å²) in [6.07, 6.45) is 4.07. The maximum absolute atomic E-state index is 12.0. The number of aromatic nitrogens is 1. The normalized spacial score (nSPS) is 12.0. The summed E-state index contributed by atoms with van der Waals surface area (Å²) in [5, 5.41) is 3.20. The first-order valence-electron chi connectivity index (χ1n) is 7.83. The molecular formula is C18H22ClN3O2. The van der Waals surface area contributed by atoms with Crippen LogP contribution in [-0.4, -0.2) is 16.9 Å². The third-order valence-corrected chi connectivity index (χ3v) is 3.67. The molecule has 0 bridgehead atoms. The van der Waals surface area contributed by atoms with Crippen LogP contribution in [0.2, 0.25) is 5.02 Å². The fourth-order valence-corrected chi connectivity index (χ4v) is 2.43. The average Bonchev–Trinajstić information content (AvgIpc) is 2.54. The summed E-state index contributed by atoms with van der Waals surface area (Å²) in [7, 11) is 0. The standard InChI is InChI=1S/C18H22ClN3O2/c1-12(2)8-16(20)18(23)22-14-5-6-17(15(19)9-14)24-11-13-4-3-7-21-10-13/h3-7,9-10,12,16H,8,11,20H2,1-2H3,(H,22,23)/t16-/m0/s1. The lowest BCUT2D eigenvalue weighted by molar-refractivity contribution is -0.117. The second-order valence-electron chi connectivity index (χ2n) is 6.02. The van der Waals surface area contributed by atoms with E-state index in [1.54, 1.807) is 30.6 Å². The van der Waals surface area contributed by atoms with Crippen molar-refractivity contribution >= 4 is 23.2 Å². The van der Waals surface area contributed by atoms with Crippen molar-refractivity contribution in [1.29, 1.82) is 0 Å². The van der Waals surface area contributed by atoms with E-state index in [0.717, 1.165) is 5.56 Å². The quantitative estimate of drug-likeness (QED) is 0.801. The van der Waals surface area contributed by atoms with Crippen molar-refractivity contribution in [3.05, 3.63) is 53.3 Å². The van der Waals surface area contributed by atoms with Crippen molar-refractivity contribution in [2.75, 3.05) is 5.32 Å². The number of carbonyl (C=O) groups is 1. The first-order chi connectivity index (χ1) is 11.5. The Hall–Kier alpha value is -2.11. The van der Waals surface area contributed by atoms with Gasteiger partial charge in [0.1, 0.15) is 12.4 Å². The molecule has 0 spiro atoms. The van der Waals surface area contributed by atoms with Crippen molar-refractivity contribution in [3.63, 3.8) is 0 Å². The SMILES string of the molecule is CC(C)C[C@H](N)C(=O)Nc1ccc(OCc2cccnc2)c(Cl)c1. The summed E-state index contributed by atoms with van der Waals surface area (Å²) >= 11 is 6.22. The number of nitrogens with two attached hydrogens (primary N) is 1. The number of nitrogens with one attached hydrogen (secondary N) is 1. The number of rotatable bonds is 7. The van der Waals surface area contributed by atoms with Crippen LogP contribution in [0, 0.1) is 5.92 Å². The Kier molecular flexibility index (Phi) is 6.58. The van der Waals surface area contributed by atoms with Gasteiger partial charge in [0, 0.05) is 23.6 Å². The molecule has 1 heterocycles. The van der Waals surface area contributed by atoms with Gasteiger partial charge in [0.05, 0.1) is 11.1 Å². The third-order valence-electron chi connectivity index (χ3n) is 3.38. The fraction of sp³-hybridized carbons (Fsp3) is 0.333. The van der Waals surface area contributed by atoms with Crippen LogP contribution in [0.3, 0.4) is 0 Å². The van der Waals surface area contributed by atoms with Gasteiger partial charge >= 0.3 is 0 Å². The van der Waals surface area contributed by atoms with Gasteiger partial charge in [-0.1, -0.05) is 31.5 Å². The van der Waals surface area contributed by atoms with Gasteiger partial charge in [-0.05, 0) is 36.6 Å². The van der Waals surface area contributed by atoms with E-state index in [2.05, 4.69) is 10.3 Å². The molecule has 0 aliphatic heterocycles. The molecule has 128 valence electrons. The molecule has 2 aromatic rings. The van der Waals surface area contributed by atoms with Crippen molar-refractivity contribution < 1.29 is 9.53 Å². The zero-order valence-corrected chi connectivity index (χ0v) is 14.6. The average molecular weight is 348 g/mol. The second-order valence-corrected chi connectivity index (χ2v) is 6.43. The number of amides is 1. The van der Waals surface area contributed by atoms with Crippen LogP contribution in [-0.2, 0) is 11.4 Å². The Morgan fingerprint density at radius 3 is 2.79 bits per heavy atom. The minimum atomic E-state index is -0.537. The highest BCUT2D eigenvalue weighted by atomic mass is 35.5. The first kappa shape index (κ1) is 18.2. The van der Waals surface area contributed by atoms with E-state index in [-0.39, 0.29) is 5.91 Å². The molecule has 0 unspecified atom stereocenters. The molecule has 24 heavy (non-hydrogen) atoms. The van der Waals surface area contributed by atoms with Crippen molar-refractivity contribution in [1.82, 2.24) is 4.98 Å². The summed E-state index contributed by atoms with van der Waals surface area (Å²) in [6.45, 7) is 4.43. The highest BCUT2D eigenvalue weighted by Crippen LogP contribution is 2.28. The van der Waals surface area contributed by atoms with Gasteiger partial charge in [-0.15, -0.1) is 0 Å². The molecule has 2 rings (SSSR count). The van der Waals surface area contributed by atoms with Gasteiger partial charge in [0.25, 0.3) is 0 Å². The van der Waals surface area contributed by atoms with E-state index in [4.69, 9.17) is 22.1 Å². The van der Waals surface area contributed by atoms with E-state index in [0.29, 0.717) is 35.4 Å². The molecule has 1 atom stereocenters. The highest BCUT2D eigenvalue weighted by Gasteiger charge is 2.15. The van der Waals surface area contributed by atoms with Gasteiger partial charge in [0.2, 0.25) is 5.91 Å². The number of hydrogen-bond donors (Lipinski definition) is 2. The third kappa shape index (κ3) is 5.51. The molecule has 0 aliphatic rings. The molecule has 0 saturated carbocycles. The molecule has 1 aromatic carbocycles. The largest absolute Gasteiger partial charge is 0.487 e. The van der Waals surface area contributed by atoms with Gasteiger partial charge in [0.15, 0.2) is 0 Å². The Balaban J connectivity index is 1.95. The van der Waals surface area contributed by atoms with E-state index in [1.165, 1.54) is 0 Å². The molecule has 0 aliphatic carbocycles. The topological polar surface area (TPSA) is 77.2 Å². The Morgan fingerprint density at radius 1 is 1.38 bits per heavy atom. The van der Waals surface area contributed by atoms with Gasteiger partial charge in [-0.3, -0.25) is 9.78 Å².